The van der Waals surface area contributed by atoms with Gasteiger partial charge in [0.2, 0.25) is 0 Å². The topological polar surface area (TPSA) is 44.8 Å². The third-order valence-corrected chi connectivity index (χ3v) is 3.75. The first-order valence-electron chi connectivity index (χ1n) is 5.88. The normalized spacial score (nSPS) is 11.9. The van der Waals surface area contributed by atoms with Crippen molar-refractivity contribution in [2.24, 2.45) is 0 Å². The van der Waals surface area contributed by atoms with Gasteiger partial charge in [-0.05, 0) is 12.8 Å². The molecule has 0 fully saturated rings. The van der Waals surface area contributed by atoms with Gasteiger partial charge in [0.05, 0.1) is 25.1 Å². The fraction of sp³-hybridized carbons (Fsp3) is 1.00. The highest BCUT2D eigenvalue weighted by molar-refractivity contribution is 7.49. The Hall–Kier alpha value is 0.400. The molecule has 98 valence electrons. The third-order valence-electron chi connectivity index (χ3n) is 2.08. The minimum atomic E-state index is -3.52. The second-order valence-corrected chi connectivity index (χ2v) is 5.56. The van der Waals surface area contributed by atoms with Crippen molar-refractivity contribution in [3.63, 3.8) is 0 Å². The maximum Gasteiger partial charge on any atom is 0.491 e. The lowest BCUT2D eigenvalue weighted by Crippen LogP contribution is -1.99. The SMILES string of the molecule is CCCCCOP(=O)(OCl)OCCCCC. The quantitative estimate of drug-likeness (QED) is 0.405. The van der Waals surface area contributed by atoms with Gasteiger partial charge >= 0.3 is 7.82 Å². The number of phosphoric ester groups is 1. The van der Waals surface area contributed by atoms with Gasteiger partial charge in [-0.2, -0.15) is 4.08 Å². The predicted octanol–water partition coefficient (Wildman–Crippen LogP) is 4.68. The highest BCUT2D eigenvalue weighted by atomic mass is 35.5. The van der Waals surface area contributed by atoms with Crippen molar-refractivity contribution >= 4 is 19.7 Å². The molecule has 0 spiro atoms. The van der Waals surface area contributed by atoms with Gasteiger partial charge in [-0.1, -0.05) is 39.5 Å². The summed E-state index contributed by atoms with van der Waals surface area (Å²) >= 11 is 5.12. The number of phosphoric acid groups is 1. The zero-order valence-electron chi connectivity index (χ0n) is 10.1. The molecule has 0 aliphatic carbocycles. The van der Waals surface area contributed by atoms with E-state index in [2.05, 4.69) is 17.9 Å². The third kappa shape index (κ3) is 8.54. The summed E-state index contributed by atoms with van der Waals surface area (Å²) in [7, 11) is -3.52. The van der Waals surface area contributed by atoms with E-state index in [1.165, 1.54) is 0 Å². The first-order valence-corrected chi connectivity index (χ1v) is 7.65. The van der Waals surface area contributed by atoms with Crippen molar-refractivity contribution in [3.8, 4) is 0 Å². The van der Waals surface area contributed by atoms with E-state index in [4.69, 9.17) is 20.9 Å². The number of rotatable bonds is 11. The Morgan fingerprint density at radius 3 is 1.69 bits per heavy atom. The van der Waals surface area contributed by atoms with E-state index in [9.17, 15) is 4.57 Å². The van der Waals surface area contributed by atoms with Gasteiger partial charge in [-0.15, -0.1) is 0 Å². The van der Waals surface area contributed by atoms with Gasteiger partial charge in [0.1, 0.15) is 0 Å². The van der Waals surface area contributed by atoms with Crippen LogP contribution in [0.15, 0.2) is 0 Å². The van der Waals surface area contributed by atoms with Crippen LogP contribution < -0.4 is 0 Å². The second-order valence-electron chi connectivity index (χ2n) is 3.60. The lowest BCUT2D eigenvalue weighted by atomic mass is 10.3. The van der Waals surface area contributed by atoms with Crippen LogP contribution in [0.25, 0.3) is 0 Å². The number of hydrogen-bond acceptors (Lipinski definition) is 4. The van der Waals surface area contributed by atoms with E-state index in [0.29, 0.717) is 13.2 Å². The van der Waals surface area contributed by atoms with Crippen LogP contribution in [-0.2, 0) is 17.7 Å². The Kier molecular flexibility index (Phi) is 10.8. The molecule has 0 amide bonds. The summed E-state index contributed by atoms with van der Waals surface area (Å²) in [6.45, 7) is 4.87. The zero-order chi connectivity index (χ0) is 12.3. The lowest BCUT2D eigenvalue weighted by Gasteiger charge is -2.13. The number of hydrogen-bond donors (Lipinski definition) is 0. The molecular weight excluding hydrogens is 251 g/mol. The Morgan fingerprint density at radius 2 is 1.38 bits per heavy atom. The van der Waals surface area contributed by atoms with Crippen LogP contribution in [0.2, 0.25) is 0 Å². The van der Waals surface area contributed by atoms with Crippen LogP contribution in [-0.4, -0.2) is 13.2 Å². The van der Waals surface area contributed by atoms with Crippen LogP contribution in [0.5, 0.6) is 0 Å². The standard InChI is InChI=1S/C10H22ClO4P/c1-3-5-7-9-13-16(12,15-11)14-10-8-6-4-2/h3-10H2,1-2H3. The van der Waals surface area contributed by atoms with E-state index >= 15 is 0 Å². The van der Waals surface area contributed by atoms with Gasteiger partial charge < -0.3 is 0 Å². The van der Waals surface area contributed by atoms with Crippen molar-refractivity contribution in [3.05, 3.63) is 0 Å². The van der Waals surface area contributed by atoms with Gasteiger partial charge in [-0.25, -0.2) is 4.57 Å². The predicted molar refractivity (Wildman–Crippen MR) is 65.5 cm³/mol. The van der Waals surface area contributed by atoms with Crippen LogP contribution in [0, 0.1) is 0 Å². The van der Waals surface area contributed by atoms with E-state index in [-0.39, 0.29) is 0 Å². The molecule has 16 heavy (non-hydrogen) atoms. The van der Waals surface area contributed by atoms with E-state index in [1.54, 1.807) is 0 Å². The average molecular weight is 273 g/mol. The maximum absolute atomic E-state index is 11.7. The van der Waals surface area contributed by atoms with Gasteiger partial charge in [0, 0.05) is 0 Å². The van der Waals surface area contributed by atoms with Crippen molar-refractivity contribution in [2.45, 2.75) is 52.4 Å². The average Bonchev–Trinajstić information content (AvgIpc) is 2.31. The van der Waals surface area contributed by atoms with E-state index in [0.717, 1.165) is 38.5 Å². The molecule has 0 atom stereocenters. The summed E-state index contributed by atoms with van der Waals surface area (Å²) in [5.74, 6) is 0. The molecule has 0 aliphatic rings. The van der Waals surface area contributed by atoms with Gasteiger partial charge in [0.15, 0.2) is 0 Å². The van der Waals surface area contributed by atoms with E-state index in [1.807, 2.05) is 0 Å². The highest BCUT2D eigenvalue weighted by Crippen LogP contribution is 2.50. The summed E-state index contributed by atoms with van der Waals surface area (Å²) in [5, 5.41) is 0. The van der Waals surface area contributed by atoms with Crippen molar-refractivity contribution < 1.29 is 17.7 Å². The summed E-state index contributed by atoms with van der Waals surface area (Å²) < 4.78 is 26.1. The molecule has 0 aromatic rings. The molecule has 0 saturated heterocycles. The van der Waals surface area contributed by atoms with Crippen molar-refractivity contribution in [2.75, 3.05) is 13.2 Å². The van der Waals surface area contributed by atoms with Crippen molar-refractivity contribution in [1.82, 2.24) is 0 Å². The Balaban J connectivity index is 3.69. The minimum Gasteiger partial charge on any atom is -0.286 e. The monoisotopic (exact) mass is 272 g/mol. The fourth-order valence-electron chi connectivity index (χ4n) is 1.13. The first-order chi connectivity index (χ1) is 7.68. The molecule has 0 aromatic heterocycles. The molecule has 0 aromatic carbocycles. The molecule has 0 unspecified atom stereocenters. The number of unbranched alkanes of at least 4 members (excludes halogenated alkanes) is 4. The second kappa shape index (κ2) is 10.5. The van der Waals surface area contributed by atoms with Crippen LogP contribution in [0.4, 0.5) is 0 Å². The van der Waals surface area contributed by atoms with Crippen LogP contribution >= 0.6 is 19.7 Å². The fourth-order valence-corrected chi connectivity index (χ4v) is 2.23. The van der Waals surface area contributed by atoms with Crippen LogP contribution in [0.3, 0.4) is 0 Å². The minimum absolute atomic E-state index is 0.353. The van der Waals surface area contributed by atoms with Gasteiger partial charge in [-0.3, -0.25) is 9.05 Å². The molecule has 0 bridgehead atoms. The first kappa shape index (κ1) is 16.4. The summed E-state index contributed by atoms with van der Waals surface area (Å²) in [6.07, 6.45) is 5.87. The zero-order valence-corrected chi connectivity index (χ0v) is 11.8. The number of halogens is 1. The smallest absolute Gasteiger partial charge is 0.286 e. The molecule has 0 N–H and O–H groups in total. The van der Waals surface area contributed by atoms with E-state index < -0.39 is 7.82 Å². The molecule has 0 rings (SSSR count). The highest BCUT2D eigenvalue weighted by Gasteiger charge is 2.25. The Morgan fingerprint density at radius 1 is 0.938 bits per heavy atom. The molecule has 4 nitrogen and oxygen atoms in total. The Bertz CT molecular complexity index is 185. The molecule has 6 heteroatoms. The lowest BCUT2D eigenvalue weighted by molar-refractivity contribution is 0.154. The molecule has 0 aliphatic heterocycles. The maximum atomic E-state index is 11.7. The van der Waals surface area contributed by atoms with Crippen molar-refractivity contribution in [1.29, 1.82) is 0 Å². The summed E-state index contributed by atoms with van der Waals surface area (Å²) in [4.78, 5) is 0. The molecule has 0 radical (unpaired) electrons. The summed E-state index contributed by atoms with van der Waals surface area (Å²) in [5.41, 5.74) is 0. The molecule has 0 saturated carbocycles. The Labute approximate surface area is 103 Å². The molecular formula is C10H22ClO4P. The van der Waals surface area contributed by atoms with Crippen LogP contribution in [0.1, 0.15) is 52.4 Å². The van der Waals surface area contributed by atoms with Gasteiger partial charge in [0.25, 0.3) is 0 Å². The summed E-state index contributed by atoms with van der Waals surface area (Å²) in [6, 6.07) is 0. The molecule has 0 heterocycles. The largest absolute Gasteiger partial charge is 0.491 e.